The van der Waals surface area contributed by atoms with Crippen molar-refractivity contribution in [1.82, 2.24) is 29.5 Å². The van der Waals surface area contributed by atoms with E-state index in [4.69, 9.17) is 5.10 Å². The summed E-state index contributed by atoms with van der Waals surface area (Å²) in [7, 11) is 1.92. The van der Waals surface area contributed by atoms with E-state index in [0.717, 1.165) is 56.3 Å². The molecule has 0 fully saturated rings. The van der Waals surface area contributed by atoms with E-state index in [-0.39, 0.29) is 5.82 Å². The highest BCUT2D eigenvalue weighted by Crippen LogP contribution is 2.28. The lowest BCUT2D eigenvalue weighted by atomic mass is 10.0. The second-order valence-electron chi connectivity index (χ2n) is 7.20. The van der Waals surface area contributed by atoms with Crippen molar-refractivity contribution in [2.45, 2.75) is 33.6 Å². The van der Waals surface area contributed by atoms with Gasteiger partial charge < -0.3 is 0 Å². The lowest BCUT2D eigenvalue weighted by molar-refractivity contribution is 0.628. The molecule has 0 aliphatic rings. The molecule has 0 spiro atoms. The Kier molecular flexibility index (Phi) is 5.51. The fourth-order valence-corrected chi connectivity index (χ4v) is 3.97. The van der Waals surface area contributed by atoms with E-state index in [0.29, 0.717) is 6.42 Å². The van der Waals surface area contributed by atoms with Gasteiger partial charge in [-0.1, -0.05) is 6.92 Å². The molecule has 4 aromatic rings. The van der Waals surface area contributed by atoms with E-state index >= 15 is 0 Å². The monoisotopic (exact) mass is 468 g/mol. The van der Waals surface area contributed by atoms with Crippen LogP contribution in [0.4, 0.5) is 4.39 Å². The van der Waals surface area contributed by atoms with E-state index in [1.807, 2.05) is 36.3 Å². The van der Waals surface area contributed by atoms with Crippen molar-refractivity contribution in [3.63, 3.8) is 0 Å². The Labute approximate surface area is 182 Å². The van der Waals surface area contributed by atoms with E-state index in [1.165, 1.54) is 12.1 Å². The molecule has 0 atom stereocenters. The molecule has 0 aliphatic heterocycles. The molecule has 0 unspecified atom stereocenters. The van der Waals surface area contributed by atoms with Gasteiger partial charge in [-0.3, -0.25) is 4.68 Å². The van der Waals surface area contributed by atoms with Crippen molar-refractivity contribution in [3.05, 3.63) is 75.3 Å². The molecule has 154 valence electrons. The van der Waals surface area contributed by atoms with Gasteiger partial charge in [0, 0.05) is 30.7 Å². The van der Waals surface area contributed by atoms with Crippen LogP contribution in [0.2, 0.25) is 0 Å². The summed E-state index contributed by atoms with van der Waals surface area (Å²) < 4.78 is 18.0. The van der Waals surface area contributed by atoms with Crippen molar-refractivity contribution < 1.29 is 4.39 Å². The van der Waals surface area contributed by atoms with E-state index in [2.05, 4.69) is 37.9 Å². The van der Waals surface area contributed by atoms with E-state index in [1.54, 1.807) is 18.5 Å². The minimum atomic E-state index is -0.247. The average Bonchev–Trinajstić information content (AvgIpc) is 3.19. The first-order chi connectivity index (χ1) is 14.4. The second kappa shape index (κ2) is 8.10. The van der Waals surface area contributed by atoms with Crippen molar-refractivity contribution in [3.8, 4) is 17.1 Å². The molecule has 6 nitrogen and oxygen atoms in total. The molecule has 0 bridgehead atoms. The summed E-state index contributed by atoms with van der Waals surface area (Å²) in [4.78, 5) is 8.85. The molecule has 0 N–H and O–H groups in total. The van der Waals surface area contributed by atoms with Crippen LogP contribution in [-0.4, -0.2) is 29.5 Å². The molecule has 0 aliphatic carbocycles. The predicted octanol–water partition coefficient (Wildman–Crippen LogP) is 4.73. The molecule has 1 aromatic carbocycles. The van der Waals surface area contributed by atoms with Gasteiger partial charge in [0.1, 0.15) is 12.1 Å². The van der Waals surface area contributed by atoms with Crippen LogP contribution in [0.3, 0.4) is 0 Å². The van der Waals surface area contributed by atoms with Crippen LogP contribution >= 0.6 is 15.9 Å². The van der Waals surface area contributed by atoms with Crippen LogP contribution in [0.5, 0.6) is 0 Å². The zero-order valence-corrected chi connectivity index (χ0v) is 18.9. The third kappa shape index (κ3) is 3.67. The summed E-state index contributed by atoms with van der Waals surface area (Å²) in [6.45, 7) is 6.05. The fourth-order valence-electron chi connectivity index (χ4n) is 3.72. The summed E-state index contributed by atoms with van der Waals surface area (Å²) in [6.07, 6.45) is 2.96. The maximum Gasteiger partial charge on any atom is 0.157 e. The van der Waals surface area contributed by atoms with Crippen LogP contribution in [0.25, 0.3) is 17.1 Å². The molecular formula is C22H22BrFN6. The van der Waals surface area contributed by atoms with Gasteiger partial charge in [0.05, 0.1) is 32.9 Å². The standard InChI is InChI=1S/C22H22BrFN6/c1-5-18-19(28-29(4)22(18)15-6-8-16(24)9-7-15)10-17-11-20(26-12-25-17)30-14(3)21(23)13(2)27-30/h6-9,11-12H,5,10H2,1-4H3. The van der Waals surface area contributed by atoms with Crippen LogP contribution in [0.15, 0.2) is 41.1 Å². The van der Waals surface area contributed by atoms with Crippen LogP contribution in [-0.2, 0) is 19.9 Å². The summed E-state index contributed by atoms with van der Waals surface area (Å²) >= 11 is 3.56. The zero-order valence-electron chi connectivity index (χ0n) is 17.3. The third-order valence-electron chi connectivity index (χ3n) is 5.18. The number of rotatable bonds is 5. The van der Waals surface area contributed by atoms with E-state index in [9.17, 15) is 4.39 Å². The smallest absolute Gasteiger partial charge is 0.157 e. The Morgan fingerprint density at radius 3 is 2.43 bits per heavy atom. The summed E-state index contributed by atoms with van der Waals surface area (Å²) in [5.74, 6) is 0.475. The van der Waals surface area contributed by atoms with E-state index < -0.39 is 0 Å². The topological polar surface area (TPSA) is 61.4 Å². The third-order valence-corrected chi connectivity index (χ3v) is 6.33. The molecule has 3 aromatic heterocycles. The molecule has 3 heterocycles. The fraction of sp³-hybridized carbons (Fsp3) is 0.273. The van der Waals surface area contributed by atoms with Crippen molar-refractivity contribution >= 4 is 15.9 Å². The predicted molar refractivity (Wildman–Crippen MR) is 117 cm³/mol. The summed E-state index contributed by atoms with van der Waals surface area (Å²) in [5, 5.41) is 9.30. The Morgan fingerprint density at radius 2 is 1.80 bits per heavy atom. The number of aromatic nitrogens is 6. The maximum absolute atomic E-state index is 13.4. The highest BCUT2D eigenvalue weighted by atomic mass is 79.9. The Hall–Kier alpha value is -2.87. The minimum absolute atomic E-state index is 0.247. The highest BCUT2D eigenvalue weighted by Gasteiger charge is 2.18. The largest absolute Gasteiger partial charge is 0.267 e. The number of aryl methyl sites for hydroxylation is 2. The van der Waals surface area contributed by atoms with Crippen LogP contribution in [0, 0.1) is 19.7 Å². The maximum atomic E-state index is 13.4. The second-order valence-corrected chi connectivity index (χ2v) is 7.99. The van der Waals surface area contributed by atoms with Gasteiger partial charge in [-0.15, -0.1) is 0 Å². The number of hydrogen-bond donors (Lipinski definition) is 0. The summed E-state index contributed by atoms with van der Waals surface area (Å²) in [5.41, 5.74) is 6.81. The molecule has 4 rings (SSSR count). The number of benzene rings is 1. The van der Waals surface area contributed by atoms with Gasteiger partial charge in [0.2, 0.25) is 0 Å². The average molecular weight is 469 g/mol. The highest BCUT2D eigenvalue weighted by molar-refractivity contribution is 9.10. The number of nitrogens with zero attached hydrogens (tertiary/aromatic N) is 6. The van der Waals surface area contributed by atoms with Gasteiger partial charge in [-0.25, -0.2) is 19.0 Å². The molecular weight excluding hydrogens is 447 g/mol. The normalized spacial score (nSPS) is 11.3. The zero-order chi connectivity index (χ0) is 21.4. The van der Waals surface area contributed by atoms with Gasteiger partial charge in [-0.2, -0.15) is 10.2 Å². The van der Waals surface area contributed by atoms with Crippen molar-refractivity contribution in [1.29, 1.82) is 0 Å². The first-order valence-corrected chi connectivity index (χ1v) is 10.5. The van der Waals surface area contributed by atoms with Gasteiger partial charge in [-0.05, 0) is 60.5 Å². The minimum Gasteiger partial charge on any atom is -0.267 e. The Bertz CT molecular complexity index is 1210. The molecule has 30 heavy (non-hydrogen) atoms. The molecule has 0 radical (unpaired) electrons. The first-order valence-electron chi connectivity index (χ1n) is 9.72. The van der Waals surface area contributed by atoms with Gasteiger partial charge in [0.25, 0.3) is 0 Å². The van der Waals surface area contributed by atoms with Gasteiger partial charge >= 0.3 is 0 Å². The molecule has 8 heteroatoms. The summed E-state index contributed by atoms with van der Waals surface area (Å²) in [6, 6.07) is 8.48. The van der Waals surface area contributed by atoms with Gasteiger partial charge in [0.15, 0.2) is 5.82 Å². The molecule has 0 amide bonds. The van der Waals surface area contributed by atoms with Crippen LogP contribution in [0.1, 0.15) is 35.3 Å². The quantitative estimate of drug-likeness (QED) is 0.424. The molecule has 0 saturated carbocycles. The van der Waals surface area contributed by atoms with Crippen LogP contribution < -0.4 is 0 Å². The molecule has 0 saturated heterocycles. The Morgan fingerprint density at radius 1 is 1.07 bits per heavy atom. The lowest BCUT2D eigenvalue weighted by Crippen LogP contribution is -2.05. The Balaban J connectivity index is 1.71. The SMILES string of the molecule is CCc1c(Cc2cc(-n3nc(C)c(Br)c3C)ncn2)nn(C)c1-c1ccc(F)cc1. The number of hydrogen-bond acceptors (Lipinski definition) is 4. The lowest BCUT2D eigenvalue weighted by Gasteiger charge is -2.07. The first kappa shape index (κ1) is 20.4. The van der Waals surface area contributed by atoms with Crippen molar-refractivity contribution in [2.75, 3.05) is 0 Å². The number of halogens is 2. The van der Waals surface area contributed by atoms with Crippen molar-refractivity contribution in [2.24, 2.45) is 7.05 Å².